The third-order valence-corrected chi connectivity index (χ3v) is 2.43. The average Bonchev–Trinajstić information content (AvgIpc) is 2.22. The van der Waals surface area contributed by atoms with E-state index in [-0.39, 0.29) is 23.7 Å². The number of amides is 2. The maximum Gasteiger partial charge on any atom is 0.268 e. The van der Waals surface area contributed by atoms with Gasteiger partial charge in [0.25, 0.3) is 5.91 Å². The lowest BCUT2D eigenvalue weighted by Gasteiger charge is -2.25. The predicted octanol–water partition coefficient (Wildman–Crippen LogP) is 1.19. The molecule has 1 atom stereocenters. The summed E-state index contributed by atoms with van der Waals surface area (Å²) in [4.78, 5) is 28.4. The molecule has 0 aromatic heterocycles. The van der Waals surface area contributed by atoms with E-state index in [2.05, 4.69) is 5.32 Å². The van der Waals surface area contributed by atoms with E-state index >= 15 is 0 Å². The van der Waals surface area contributed by atoms with E-state index in [4.69, 9.17) is 4.84 Å². The second-order valence-corrected chi connectivity index (χ2v) is 4.91. The first-order valence-corrected chi connectivity index (χ1v) is 5.90. The van der Waals surface area contributed by atoms with E-state index in [1.165, 1.54) is 14.2 Å². The van der Waals surface area contributed by atoms with Crippen molar-refractivity contribution in [3.8, 4) is 0 Å². The number of hydrogen-bond donors (Lipinski definition) is 1. The van der Waals surface area contributed by atoms with Crippen LogP contribution >= 0.6 is 0 Å². The molecule has 0 aromatic rings. The molecular weight excluding hydrogens is 220 g/mol. The first-order valence-electron chi connectivity index (χ1n) is 5.90. The SMILES string of the molecule is CON(C)C(=O)[C@@H](NC(=O)CC(C)C)C(C)C. The normalized spacial score (nSPS) is 12.7. The fourth-order valence-electron chi connectivity index (χ4n) is 1.40. The summed E-state index contributed by atoms with van der Waals surface area (Å²) in [5.74, 6) is -0.0366. The van der Waals surface area contributed by atoms with Gasteiger partial charge in [0, 0.05) is 13.5 Å². The van der Waals surface area contributed by atoms with Crippen molar-refractivity contribution in [3.63, 3.8) is 0 Å². The number of carbonyl (C=O) groups is 2. The van der Waals surface area contributed by atoms with Crippen molar-refractivity contribution in [1.29, 1.82) is 0 Å². The van der Waals surface area contributed by atoms with E-state index < -0.39 is 6.04 Å². The highest BCUT2D eigenvalue weighted by Crippen LogP contribution is 2.07. The Labute approximate surface area is 103 Å². The van der Waals surface area contributed by atoms with Crippen LogP contribution in [0.3, 0.4) is 0 Å². The predicted molar refractivity (Wildman–Crippen MR) is 66.0 cm³/mol. The molecule has 0 fully saturated rings. The smallest absolute Gasteiger partial charge is 0.268 e. The highest BCUT2D eigenvalue weighted by molar-refractivity contribution is 5.87. The second kappa shape index (κ2) is 7.27. The third kappa shape index (κ3) is 5.68. The van der Waals surface area contributed by atoms with Crippen LogP contribution in [0.1, 0.15) is 34.1 Å². The lowest BCUT2D eigenvalue weighted by atomic mass is 10.0. The average molecular weight is 244 g/mol. The molecule has 0 rings (SSSR count). The molecule has 0 spiro atoms. The molecule has 0 radical (unpaired) electrons. The van der Waals surface area contributed by atoms with Crippen molar-refractivity contribution in [2.75, 3.05) is 14.2 Å². The van der Waals surface area contributed by atoms with Crippen LogP contribution in [-0.2, 0) is 14.4 Å². The van der Waals surface area contributed by atoms with Gasteiger partial charge >= 0.3 is 0 Å². The Balaban J connectivity index is 4.54. The summed E-state index contributed by atoms with van der Waals surface area (Å²) in [6.45, 7) is 7.71. The Hall–Kier alpha value is -1.10. The van der Waals surface area contributed by atoms with Gasteiger partial charge in [-0.15, -0.1) is 0 Å². The molecule has 0 aromatic carbocycles. The molecule has 0 aliphatic rings. The third-order valence-electron chi connectivity index (χ3n) is 2.43. The van der Waals surface area contributed by atoms with Crippen molar-refractivity contribution >= 4 is 11.8 Å². The van der Waals surface area contributed by atoms with E-state index in [0.717, 1.165) is 5.06 Å². The second-order valence-electron chi connectivity index (χ2n) is 4.91. The largest absolute Gasteiger partial charge is 0.344 e. The number of nitrogens with one attached hydrogen (secondary N) is 1. The summed E-state index contributed by atoms with van der Waals surface area (Å²) in [5.41, 5.74) is 0. The molecule has 0 aliphatic heterocycles. The summed E-state index contributed by atoms with van der Waals surface area (Å²) < 4.78 is 0. The van der Waals surface area contributed by atoms with Crippen molar-refractivity contribution in [2.24, 2.45) is 11.8 Å². The zero-order chi connectivity index (χ0) is 13.6. The van der Waals surface area contributed by atoms with Gasteiger partial charge < -0.3 is 5.32 Å². The molecule has 0 aliphatic carbocycles. The van der Waals surface area contributed by atoms with Gasteiger partial charge in [-0.25, -0.2) is 5.06 Å². The van der Waals surface area contributed by atoms with E-state index in [0.29, 0.717) is 6.42 Å². The quantitative estimate of drug-likeness (QED) is 0.714. The van der Waals surface area contributed by atoms with E-state index in [9.17, 15) is 9.59 Å². The molecule has 1 N–H and O–H groups in total. The summed E-state index contributed by atoms with van der Waals surface area (Å²) in [5, 5.41) is 3.89. The lowest BCUT2D eigenvalue weighted by Crippen LogP contribution is -2.50. The van der Waals surface area contributed by atoms with Crippen LogP contribution in [-0.4, -0.2) is 37.1 Å². The molecule has 0 unspecified atom stereocenters. The maximum atomic E-state index is 11.9. The Kier molecular flexibility index (Phi) is 6.80. The van der Waals surface area contributed by atoms with Gasteiger partial charge in [-0.3, -0.25) is 14.4 Å². The van der Waals surface area contributed by atoms with Gasteiger partial charge in [0.1, 0.15) is 6.04 Å². The van der Waals surface area contributed by atoms with Gasteiger partial charge in [0.15, 0.2) is 0 Å². The van der Waals surface area contributed by atoms with E-state index in [1.807, 2.05) is 27.7 Å². The van der Waals surface area contributed by atoms with Crippen LogP contribution in [0.15, 0.2) is 0 Å². The van der Waals surface area contributed by atoms with Crippen LogP contribution in [0.25, 0.3) is 0 Å². The van der Waals surface area contributed by atoms with Gasteiger partial charge in [-0.2, -0.15) is 0 Å². The molecule has 2 amide bonds. The van der Waals surface area contributed by atoms with Crippen LogP contribution in [0.4, 0.5) is 0 Å². The molecule has 0 saturated carbocycles. The first-order chi connectivity index (χ1) is 7.79. The number of hydrogen-bond acceptors (Lipinski definition) is 3. The molecule has 5 heteroatoms. The fourth-order valence-corrected chi connectivity index (χ4v) is 1.40. The molecule has 17 heavy (non-hydrogen) atoms. The highest BCUT2D eigenvalue weighted by atomic mass is 16.7. The van der Waals surface area contributed by atoms with Crippen LogP contribution in [0.5, 0.6) is 0 Å². The van der Waals surface area contributed by atoms with Gasteiger partial charge in [0.05, 0.1) is 7.11 Å². The lowest BCUT2D eigenvalue weighted by molar-refractivity contribution is -0.172. The fraction of sp³-hybridized carbons (Fsp3) is 0.833. The molecule has 0 saturated heterocycles. The maximum absolute atomic E-state index is 11.9. The van der Waals surface area contributed by atoms with Gasteiger partial charge in [-0.05, 0) is 11.8 Å². The highest BCUT2D eigenvalue weighted by Gasteiger charge is 2.27. The monoisotopic (exact) mass is 244 g/mol. The Morgan fingerprint density at radius 1 is 1.24 bits per heavy atom. The van der Waals surface area contributed by atoms with Crippen LogP contribution < -0.4 is 5.32 Å². The molecule has 0 heterocycles. The number of likely N-dealkylation sites (N-methyl/N-ethyl adjacent to an activating group) is 1. The summed E-state index contributed by atoms with van der Waals surface area (Å²) in [6.07, 6.45) is 0.424. The summed E-state index contributed by atoms with van der Waals surface area (Å²) in [6, 6.07) is -0.536. The van der Waals surface area contributed by atoms with Crippen LogP contribution in [0, 0.1) is 11.8 Å². The number of carbonyl (C=O) groups excluding carboxylic acids is 2. The minimum atomic E-state index is -0.536. The molecule has 5 nitrogen and oxygen atoms in total. The zero-order valence-electron chi connectivity index (χ0n) is 11.6. The van der Waals surface area contributed by atoms with Crippen molar-refractivity contribution in [3.05, 3.63) is 0 Å². The van der Waals surface area contributed by atoms with Crippen molar-refractivity contribution in [2.45, 2.75) is 40.2 Å². The van der Waals surface area contributed by atoms with Crippen LogP contribution in [0.2, 0.25) is 0 Å². The number of hydroxylamine groups is 2. The number of nitrogens with zero attached hydrogens (tertiary/aromatic N) is 1. The Morgan fingerprint density at radius 2 is 1.76 bits per heavy atom. The van der Waals surface area contributed by atoms with E-state index in [1.54, 1.807) is 0 Å². The summed E-state index contributed by atoms with van der Waals surface area (Å²) in [7, 11) is 2.96. The number of rotatable bonds is 6. The Morgan fingerprint density at radius 3 is 2.12 bits per heavy atom. The molecule has 0 bridgehead atoms. The summed E-state index contributed by atoms with van der Waals surface area (Å²) >= 11 is 0. The topological polar surface area (TPSA) is 58.6 Å². The van der Waals surface area contributed by atoms with Gasteiger partial charge in [-0.1, -0.05) is 27.7 Å². The minimum absolute atomic E-state index is 0.0243. The van der Waals surface area contributed by atoms with Crippen molar-refractivity contribution < 1.29 is 14.4 Å². The van der Waals surface area contributed by atoms with Gasteiger partial charge in [0.2, 0.25) is 5.91 Å². The molecular formula is C12H24N2O3. The zero-order valence-corrected chi connectivity index (χ0v) is 11.6. The minimum Gasteiger partial charge on any atom is -0.344 e. The molecule has 100 valence electrons. The van der Waals surface area contributed by atoms with Crippen molar-refractivity contribution in [1.82, 2.24) is 10.4 Å². The first kappa shape index (κ1) is 15.9. The Bertz CT molecular complexity index is 264. The standard InChI is InChI=1S/C12H24N2O3/c1-8(2)7-10(15)13-11(9(3)4)12(16)14(5)17-6/h8-9,11H,7H2,1-6H3,(H,13,15)/t11-/m0/s1.